The highest BCUT2D eigenvalue weighted by Crippen LogP contribution is 2.45. The number of benzene rings is 2. The first kappa shape index (κ1) is 23.5. The molecule has 0 bridgehead atoms. The summed E-state index contributed by atoms with van der Waals surface area (Å²) in [7, 11) is 1.60. The number of nitrogens with one attached hydrogen (secondary N) is 1. The highest BCUT2D eigenvalue weighted by Gasteiger charge is 2.52. The van der Waals surface area contributed by atoms with Gasteiger partial charge >= 0.3 is 5.97 Å². The molecule has 0 unspecified atom stereocenters. The maximum absolute atomic E-state index is 13.2. The third-order valence-corrected chi connectivity index (χ3v) is 8.32. The number of imidazole rings is 1. The molecule has 1 aromatic heterocycles. The van der Waals surface area contributed by atoms with Crippen LogP contribution in [0.3, 0.4) is 0 Å². The minimum Gasteiger partial charge on any atom is -0.497 e. The molecule has 3 heterocycles. The minimum atomic E-state index is -0.604. The van der Waals surface area contributed by atoms with Crippen LogP contribution in [0.4, 0.5) is 0 Å². The fourth-order valence-corrected chi connectivity index (χ4v) is 6.44. The Bertz CT molecular complexity index is 1260. The first-order chi connectivity index (χ1) is 17.0. The van der Waals surface area contributed by atoms with Gasteiger partial charge < -0.3 is 20.2 Å². The summed E-state index contributed by atoms with van der Waals surface area (Å²) in [5.41, 5.74) is 8.21. The molecule has 1 saturated heterocycles. The number of fused-ring (bicyclic) bond motifs is 1. The Morgan fingerprint density at radius 1 is 1.26 bits per heavy atom. The zero-order valence-corrected chi connectivity index (χ0v) is 20.6. The van der Waals surface area contributed by atoms with E-state index in [1.807, 2.05) is 42.5 Å². The molecule has 180 valence electrons. The first-order valence-corrected chi connectivity index (χ1v) is 12.9. The third kappa shape index (κ3) is 4.95. The van der Waals surface area contributed by atoms with Gasteiger partial charge in [-0.05, 0) is 35.4 Å². The third-order valence-electron chi connectivity index (χ3n) is 5.76. The summed E-state index contributed by atoms with van der Waals surface area (Å²) in [5, 5.41) is -0.249. The summed E-state index contributed by atoms with van der Waals surface area (Å²) in [6.07, 6.45) is 4.20. The molecular formula is C25H24N4O4S2. The number of thioether (sulfide) groups is 2. The highest BCUT2D eigenvalue weighted by atomic mass is 32.2. The van der Waals surface area contributed by atoms with Crippen LogP contribution in [0, 0.1) is 0 Å². The van der Waals surface area contributed by atoms with Gasteiger partial charge in [-0.2, -0.15) is 0 Å². The van der Waals surface area contributed by atoms with Crippen LogP contribution in [0.15, 0.2) is 76.4 Å². The van der Waals surface area contributed by atoms with Crippen molar-refractivity contribution in [3.63, 3.8) is 0 Å². The van der Waals surface area contributed by atoms with Gasteiger partial charge in [-0.3, -0.25) is 9.69 Å². The molecule has 3 aromatic rings. The van der Waals surface area contributed by atoms with Crippen molar-refractivity contribution in [1.29, 1.82) is 0 Å². The molecule has 5 rings (SSSR count). The van der Waals surface area contributed by atoms with Gasteiger partial charge in [-0.15, -0.1) is 11.8 Å². The van der Waals surface area contributed by atoms with Crippen LogP contribution < -0.4 is 10.5 Å². The van der Waals surface area contributed by atoms with Crippen LogP contribution in [-0.2, 0) is 27.4 Å². The number of nitrogens with two attached hydrogens (primary N) is 1. The van der Waals surface area contributed by atoms with Crippen LogP contribution in [0.25, 0.3) is 0 Å². The van der Waals surface area contributed by atoms with E-state index < -0.39 is 12.0 Å². The summed E-state index contributed by atoms with van der Waals surface area (Å²) in [5.74, 6) is 1.39. The number of methoxy groups -OCH3 is 1. The van der Waals surface area contributed by atoms with Crippen molar-refractivity contribution >= 4 is 35.4 Å². The van der Waals surface area contributed by atoms with E-state index in [4.69, 9.17) is 15.2 Å². The zero-order valence-electron chi connectivity index (χ0n) is 19.0. The lowest BCUT2D eigenvalue weighted by Crippen LogP contribution is -2.68. The number of ether oxygens (including phenoxy) is 2. The van der Waals surface area contributed by atoms with Gasteiger partial charge in [0.15, 0.2) is 0 Å². The predicted octanol–water partition coefficient (Wildman–Crippen LogP) is 3.30. The number of H-pyrrole nitrogens is 1. The van der Waals surface area contributed by atoms with E-state index in [1.165, 1.54) is 16.7 Å². The van der Waals surface area contributed by atoms with E-state index in [-0.39, 0.29) is 23.6 Å². The normalized spacial score (nSPS) is 19.3. The molecule has 10 heteroatoms. The molecule has 0 aliphatic carbocycles. The number of carbonyl (C=O) groups is 2. The lowest BCUT2D eigenvalue weighted by Gasteiger charge is -2.48. The van der Waals surface area contributed by atoms with Gasteiger partial charge in [0.1, 0.15) is 35.3 Å². The number of aromatic nitrogens is 2. The average molecular weight is 509 g/mol. The molecule has 0 radical (unpaired) electrons. The molecule has 2 aliphatic rings. The number of rotatable bonds is 8. The monoisotopic (exact) mass is 508 g/mol. The molecule has 0 saturated carbocycles. The second kappa shape index (κ2) is 10.2. The Morgan fingerprint density at radius 3 is 2.83 bits per heavy atom. The van der Waals surface area contributed by atoms with E-state index in [0.717, 1.165) is 32.5 Å². The first-order valence-electron chi connectivity index (χ1n) is 11.0. The second-order valence-corrected chi connectivity index (χ2v) is 10.4. The molecule has 8 nitrogen and oxygen atoms in total. The van der Waals surface area contributed by atoms with Crippen molar-refractivity contribution in [1.82, 2.24) is 14.9 Å². The number of amides is 1. The van der Waals surface area contributed by atoms with Crippen molar-refractivity contribution in [3.05, 3.63) is 88.5 Å². The lowest BCUT2D eigenvalue weighted by molar-refractivity contribution is -0.151. The van der Waals surface area contributed by atoms with Crippen molar-refractivity contribution in [3.8, 4) is 5.75 Å². The Labute approximate surface area is 211 Å². The van der Waals surface area contributed by atoms with Crippen molar-refractivity contribution in [2.75, 3.05) is 12.9 Å². The van der Waals surface area contributed by atoms with E-state index in [0.29, 0.717) is 12.2 Å². The fourth-order valence-electron chi connectivity index (χ4n) is 3.94. The molecule has 2 aromatic carbocycles. The summed E-state index contributed by atoms with van der Waals surface area (Å²) < 4.78 is 10.8. The SMILES string of the molecule is COc1ccc(COC(=O)C2=C(Sc3cccc(Cc4ncc[nH]4)c3)CS[C@H]3[C@H](N)C(=O)N23)cc1. The number of esters is 1. The number of hydrogen-bond acceptors (Lipinski definition) is 8. The second-order valence-electron chi connectivity index (χ2n) is 8.09. The number of nitrogens with zero attached hydrogens (tertiary/aromatic N) is 2. The number of carbonyl (C=O) groups excluding carboxylic acids is 2. The average Bonchev–Trinajstić information content (AvgIpc) is 3.40. The topological polar surface area (TPSA) is 111 Å². The smallest absolute Gasteiger partial charge is 0.356 e. The van der Waals surface area contributed by atoms with Gasteiger partial charge in [0.2, 0.25) is 5.91 Å². The van der Waals surface area contributed by atoms with Gasteiger partial charge in [0.25, 0.3) is 0 Å². The van der Waals surface area contributed by atoms with Crippen LogP contribution in [-0.4, -0.2) is 51.0 Å². The van der Waals surface area contributed by atoms with E-state index in [1.54, 1.807) is 31.3 Å². The Kier molecular flexibility index (Phi) is 6.85. The van der Waals surface area contributed by atoms with Crippen LogP contribution in [0.2, 0.25) is 0 Å². The van der Waals surface area contributed by atoms with Crippen LogP contribution >= 0.6 is 23.5 Å². The van der Waals surface area contributed by atoms with Gasteiger partial charge in [0.05, 0.1) is 7.11 Å². The summed E-state index contributed by atoms with van der Waals surface area (Å²) in [4.78, 5) is 36.5. The minimum absolute atomic E-state index is 0.0921. The van der Waals surface area contributed by atoms with Crippen molar-refractivity contribution in [2.45, 2.75) is 29.3 Å². The molecule has 0 spiro atoms. The maximum Gasteiger partial charge on any atom is 0.356 e. The zero-order chi connectivity index (χ0) is 24.4. The Hall–Kier alpha value is -3.21. The quantitative estimate of drug-likeness (QED) is 0.352. The molecule has 3 N–H and O–H groups in total. The Morgan fingerprint density at radius 2 is 2.09 bits per heavy atom. The van der Waals surface area contributed by atoms with E-state index in [9.17, 15) is 9.59 Å². The highest BCUT2D eigenvalue weighted by molar-refractivity contribution is 8.06. The van der Waals surface area contributed by atoms with E-state index >= 15 is 0 Å². The summed E-state index contributed by atoms with van der Waals surface area (Å²) in [6.45, 7) is 0.0921. The molecule has 1 fully saturated rings. The molecular weight excluding hydrogens is 484 g/mol. The number of aromatic amines is 1. The number of hydrogen-bond donors (Lipinski definition) is 2. The standard InChI is InChI=1S/C25H24N4O4S2/c1-32-17-7-5-15(6-8-17)13-33-25(31)22-19(14-34-24-21(26)23(30)29(22)24)35-18-4-2-3-16(11-18)12-20-27-9-10-28-20/h2-11,21,24H,12-14,26H2,1H3,(H,27,28)/t21-,24+/m1/s1. The maximum atomic E-state index is 13.2. The summed E-state index contributed by atoms with van der Waals surface area (Å²) >= 11 is 3.04. The van der Waals surface area contributed by atoms with Crippen LogP contribution in [0.1, 0.15) is 17.0 Å². The van der Waals surface area contributed by atoms with Gasteiger partial charge in [-0.1, -0.05) is 36.0 Å². The summed E-state index contributed by atoms with van der Waals surface area (Å²) in [6, 6.07) is 14.8. The van der Waals surface area contributed by atoms with Gasteiger partial charge in [-0.25, -0.2) is 9.78 Å². The number of β-lactam (4-membered cyclic amide) rings is 1. The molecule has 35 heavy (non-hydrogen) atoms. The predicted molar refractivity (Wildman–Crippen MR) is 135 cm³/mol. The molecule has 2 aliphatic heterocycles. The van der Waals surface area contributed by atoms with Crippen LogP contribution in [0.5, 0.6) is 5.75 Å². The van der Waals surface area contributed by atoms with Gasteiger partial charge in [0, 0.05) is 34.4 Å². The largest absolute Gasteiger partial charge is 0.497 e. The fraction of sp³-hybridized carbons (Fsp3) is 0.240. The van der Waals surface area contributed by atoms with Crippen molar-refractivity contribution < 1.29 is 19.1 Å². The Balaban J connectivity index is 1.37. The lowest BCUT2D eigenvalue weighted by atomic mass is 10.1. The molecule has 1 amide bonds. The van der Waals surface area contributed by atoms with Crippen molar-refractivity contribution in [2.24, 2.45) is 5.73 Å². The molecule has 2 atom stereocenters. The van der Waals surface area contributed by atoms with E-state index in [2.05, 4.69) is 16.0 Å².